The second-order valence-electron chi connectivity index (χ2n) is 6.37. The van der Waals surface area contributed by atoms with Crippen molar-refractivity contribution in [2.75, 3.05) is 40.9 Å². The molecule has 0 spiro atoms. The molecule has 1 aliphatic heterocycles. The van der Waals surface area contributed by atoms with Gasteiger partial charge in [0.25, 0.3) is 10.2 Å². The molecule has 2 rings (SSSR count). The molecule has 1 aliphatic rings. The zero-order valence-electron chi connectivity index (χ0n) is 15.0. The van der Waals surface area contributed by atoms with Crippen LogP contribution in [-0.4, -0.2) is 57.9 Å². The Morgan fingerprint density at radius 3 is 2.58 bits per heavy atom. The summed E-state index contributed by atoms with van der Waals surface area (Å²) in [5.74, 6) is 1.75. The topological polar surface area (TPSA) is 59.1 Å². The van der Waals surface area contributed by atoms with Gasteiger partial charge < -0.3 is 9.47 Å². The van der Waals surface area contributed by atoms with Gasteiger partial charge in [0.2, 0.25) is 0 Å². The minimum Gasteiger partial charge on any atom is -0.493 e. The molecule has 0 amide bonds. The fraction of sp³-hybridized carbons (Fsp3) is 0.647. The second-order valence-corrected chi connectivity index (χ2v) is 8.41. The van der Waals surface area contributed by atoms with Crippen LogP contribution in [0.1, 0.15) is 25.3 Å². The Morgan fingerprint density at radius 1 is 1.25 bits per heavy atom. The first-order valence-electron chi connectivity index (χ1n) is 8.30. The summed E-state index contributed by atoms with van der Waals surface area (Å²) < 4.78 is 38.9. The SMILES string of the molecule is COc1ccc(CCN(C)S(=O)(=O)N2CCCC(C)C2)cc1OC. The lowest BCUT2D eigenvalue weighted by Crippen LogP contribution is -2.46. The average Bonchev–Trinajstić information content (AvgIpc) is 2.59. The zero-order valence-corrected chi connectivity index (χ0v) is 15.8. The number of rotatable bonds is 7. The van der Waals surface area contributed by atoms with E-state index in [9.17, 15) is 8.42 Å². The summed E-state index contributed by atoms with van der Waals surface area (Å²) in [4.78, 5) is 0. The van der Waals surface area contributed by atoms with Crippen molar-refractivity contribution in [3.8, 4) is 11.5 Å². The Morgan fingerprint density at radius 2 is 1.96 bits per heavy atom. The molecule has 136 valence electrons. The third kappa shape index (κ3) is 4.40. The number of likely N-dealkylation sites (N-methyl/N-ethyl adjacent to an activating group) is 1. The van der Waals surface area contributed by atoms with Crippen molar-refractivity contribution in [3.05, 3.63) is 23.8 Å². The molecule has 1 aromatic rings. The smallest absolute Gasteiger partial charge is 0.281 e. The van der Waals surface area contributed by atoms with Crippen LogP contribution in [0.15, 0.2) is 18.2 Å². The van der Waals surface area contributed by atoms with Gasteiger partial charge in [-0.3, -0.25) is 0 Å². The predicted octanol–water partition coefficient (Wildman–Crippen LogP) is 2.15. The van der Waals surface area contributed by atoms with E-state index in [1.165, 1.54) is 4.31 Å². The molecule has 0 saturated carbocycles. The Hall–Kier alpha value is -1.31. The number of piperidine rings is 1. The maximum atomic E-state index is 12.7. The van der Waals surface area contributed by atoms with Crippen LogP contribution in [-0.2, 0) is 16.6 Å². The normalized spacial score (nSPS) is 19.5. The van der Waals surface area contributed by atoms with Gasteiger partial charge >= 0.3 is 0 Å². The van der Waals surface area contributed by atoms with Crippen molar-refractivity contribution in [3.63, 3.8) is 0 Å². The van der Waals surface area contributed by atoms with Crippen molar-refractivity contribution >= 4 is 10.2 Å². The van der Waals surface area contributed by atoms with E-state index in [0.29, 0.717) is 43.5 Å². The second kappa shape index (κ2) is 8.18. The number of ether oxygens (including phenoxy) is 2. The molecule has 1 unspecified atom stereocenters. The number of hydrogen-bond acceptors (Lipinski definition) is 4. The lowest BCUT2D eigenvalue weighted by molar-refractivity contribution is 0.264. The fourth-order valence-electron chi connectivity index (χ4n) is 2.99. The van der Waals surface area contributed by atoms with Gasteiger partial charge in [0.1, 0.15) is 0 Å². The molecular formula is C17H28N2O4S. The van der Waals surface area contributed by atoms with Crippen molar-refractivity contribution in [2.45, 2.75) is 26.2 Å². The minimum absolute atomic E-state index is 0.424. The molecule has 0 aromatic heterocycles. The molecule has 0 N–H and O–H groups in total. The van der Waals surface area contributed by atoms with Gasteiger partial charge in [-0.05, 0) is 42.9 Å². The molecule has 6 nitrogen and oxygen atoms in total. The number of hydrogen-bond donors (Lipinski definition) is 0. The highest BCUT2D eigenvalue weighted by Gasteiger charge is 2.30. The van der Waals surface area contributed by atoms with Gasteiger partial charge in [0.05, 0.1) is 14.2 Å². The third-order valence-corrected chi connectivity index (χ3v) is 6.46. The summed E-state index contributed by atoms with van der Waals surface area (Å²) in [6.07, 6.45) is 2.66. The van der Waals surface area contributed by atoms with E-state index < -0.39 is 10.2 Å². The largest absolute Gasteiger partial charge is 0.493 e. The van der Waals surface area contributed by atoms with Crippen LogP contribution in [0.4, 0.5) is 0 Å². The lowest BCUT2D eigenvalue weighted by atomic mass is 10.0. The zero-order chi connectivity index (χ0) is 17.7. The first kappa shape index (κ1) is 19.0. The molecule has 1 aromatic carbocycles. The molecule has 0 bridgehead atoms. The van der Waals surface area contributed by atoms with E-state index in [-0.39, 0.29) is 0 Å². The monoisotopic (exact) mass is 356 g/mol. The average molecular weight is 356 g/mol. The van der Waals surface area contributed by atoms with Gasteiger partial charge in [-0.15, -0.1) is 0 Å². The van der Waals surface area contributed by atoms with Gasteiger partial charge in [-0.1, -0.05) is 13.0 Å². The predicted molar refractivity (Wildman–Crippen MR) is 94.8 cm³/mol. The van der Waals surface area contributed by atoms with Crippen LogP contribution in [0.5, 0.6) is 11.5 Å². The highest BCUT2D eigenvalue weighted by atomic mass is 32.2. The lowest BCUT2D eigenvalue weighted by Gasteiger charge is -2.33. The third-order valence-electron chi connectivity index (χ3n) is 4.50. The number of benzene rings is 1. The molecule has 1 fully saturated rings. The van der Waals surface area contributed by atoms with Crippen molar-refractivity contribution in [1.82, 2.24) is 8.61 Å². The van der Waals surface area contributed by atoms with Crippen LogP contribution in [0, 0.1) is 5.92 Å². The van der Waals surface area contributed by atoms with E-state index in [2.05, 4.69) is 6.92 Å². The Balaban J connectivity index is 2.00. The maximum Gasteiger partial charge on any atom is 0.281 e. The summed E-state index contributed by atoms with van der Waals surface area (Å²) in [5.41, 5.74) is 1.02. The van der Waals surface area contributed by atoms with Crippen LogP contribution in [0.3, 0.4) is 0 Å². The number of nitrogens with zero attached hydrogens (tertiary/aromatic N) is 2. The summed E-state index contributed by atoms with van der Waals surface area (Å²) >= 11 is 0. The molecular weight excluding hydrogens is 328 g/mol. The van der Waals surface area contributed by atoms with E-state index in [1.54, 1.807) is 25.6 Å². The summed E-state index contributed by atoms with van der Waals surface area (Å²) in [6, 6.07) is 5.67. The van der Waals surface area contributed by atoms with Crippen LogP contribution in [0.2, 0.25) is 0 Å². The number of methoxy groups -OCH3 is 2. The Kier molecular flexibility index (Phi) is 6.48. The molecule has 1 atom stereocenters. The van der Waals surface area contributed by atoms with E-state index >= 15 is 0 Å². The summed E-state index contributed by atoms with van der Waals surface area (Å²) in [5, 5.41) is 0. The van der Waals surface area contributed by atoms with Crippen molar-refractivity contribution in [1.29, 1.82) is 0 Å². The quantitative estimate of drug-likeness (QED) is 0.751. The van der Waals surface area contributed by atoms with Crippen LogP contribution < -0.4 is 9.47 Å². The Bertz CT molecular complexity index is 648. The molecule has 1 heterocycles. The standard InChI is InChI=1S/C17H28N2O4S/c1-14-6-5-10-19(13-14)24(20,21)18(2)11-9-15-7-8-16(22-3)17(12-15)23-4/h7-8,12,14H,5-6,9-11,13H2,1-4H3. The molecule has 24 heavy (non-hydrogen) atoms. The summed E-state index contributed by atoms with van der Waals surface area (Å²) in [6.45, 7) is 3.77. The van der Waals surface area contributed by atoms with Crippen molar-refractivity contribution in [2.24, 2.45) is 5.92 Å². The highest BCUT2D eigenvalue weighted by Crippen LogP contribution is 2.28. The maximum absolute atomic E-state index is 12.7. The van der Waals surface area contributed by atoms with Gasteiger partial charge in [-0.2, -0.15) is 17.0 Å². The Labute approximate surface area is 145 Å². The van der Waals surface area contributed by atoms with Crippen LogP contribution >= 0.6 is 0 Å². The van der Waals surface area contributed by atoms with Crippen molar-refractivity contribution < 1.29 is 17.9 Å². The first-order chi connectivity index (χ1) is 11.4. The first-order valence-corrected chi connectivity index (χ1v) is 9.70. The molecule has 1 saturated heterocycles. The molecule has 0 radical (unpaired) electrons. The van der Waals surface area contributed by atoms with Gasteiger partial charge in [0, 0.05) is 26.7 Å². The summed E-state index contributed by atoms with van der Waals surface area (Å²) in [7, 11) is 1.45. The molecule has 0 aliphatic carbocycles. The van der Waals surface area contributed by atoms with Gasteiger partial charge in [0.15, 0.2) is 11.5 Å². The van der Waals surface area contributed by atoms with Crippen LogP contribution in [0.25, 0.3) is 0 Å². The van der Waals surface area contributed by atoms with E-state index in [4.69, 9.17) is 9.47 Å². The fourth-order valence-corrected chi connectivity index (χ4v) is 4.51. The minimum atomic E-state index is -3.38. The van der Waals surface area contributed by atoms with E-state index in [0.717, 1.165) is 18.4 Å². The highest BCUT2D eigenvalue weighted by molar-refractivity contribution is 7.86. The van der Waals surface area contributed by atoms with Gasteiger partial charge in [-0.25, -0.2) is 0 Å². The van der Waals surface area contributed by atoms with E-state index in [1.807, 2.05) is 18.2 Å². The molecule has 7 heteroatoms.